The summed E-state index contributed by atoms with van der Waals surface area (Å²) >= 11 is 0. The van der Waals surface area contributed by atoms with Crippen LogP contribution in [0.15, 0.2) is 24.3 Å². The summed E-state index contributed by atoms with van der Waals surface area (Å²) in [6.07, 6.45) is -0.978. The van der Waals surface area contributed by atoms with Gasteiger partial charge < -0.3 is 24.6 Å². The highest BCUT2D eigenvalue weighted by Crippen LogP contribution is 2.36. The first kappa shape index (κ1) is 19.3. The molecule has 29 heavy (non-hydrogen) atoms. The molecule has 1 amide bonds. The molecular formula is C18H21N5O6. The molecule has 11 heteroatoms. The summed E-state index contributed by atoms with van der Waals surface area (Å²) in [6, 6.07) is 6.83. The molecular weight excluding hydrogens is 382 g/mol. The maximum absolute atomic E-state index is 12.0. The molecule has 0 spiro atoms. The lowest BCUT2D eigenvalue weighted by Crippen LogP contribution is -2.44. The summed E-state index contributed by atoms with van der Waals surface area (Å²) in [4.78, 5) is 22.6. The highest BCUT2D eigenvalue weighted by atomic mass is 16.6. The van der Waals surface area contributed by atoms with Crippen molar-refractivity contribution in [2.24, 2.45) is 0 Å². The summed E-state index contributed by atoms with van der Waals surface area (Å²) in [5, 5.41) is 23.6. The standard InChI is InChI=1S/C18H21N5O6/c1-27-11-4-2-3-10(7-11)18-20-21-22-23(18)13-9-29-16-12(8-28-17(13)16)19-14(24)5-6-15(25)26/h2-4,7,12-13,16-17H,5-6,8-9H2,1H3,(H,19,24)(H,25,26)/t12-,13+,16-,17+/m0/s1. The van der Waals surface area contributed by atoms with Crippen molar-refractivity contribution >= 4 is 11.9 Å². The molecule has 4 rings (SSSR count). The number of nitrogens with zero attached hydrogens (tertiary/aromatic N) is 4. The van der Waals surface area contributed by atoms with E-state index in [1.165, 1.54) is 0 Å². The van der Waals surface area contributed by atoms with Crippen molar-refractivity contribution in [3.8, 4) is 17.1 Å². The van der Waals surface area contributed by atoms with E-state index in [0.717, 1.165) is 5.56 Å². The molecule has 2 fully saturated rings. The van der Waals surface area contributed by atoms with Gasteiger partial charge in [0.2, 0.25) is 5.91 Å². The van der Waals surface area contributed by atoms with Crippen LogP contribution in [0.5, 0.6) is 5.75 Å². The Balaban J connectivity index is 1.47. The second kappa shape index (κ2) is 8.13. The van der Waals surface area contributed by atoms with E-state index in [-0.39, 0.29) is 49.6 Å². The van der Waals surface area contributed by atoms with Gasteiger partial charge in [0.25, 0.3) is 0 Å². The fourth-order valence-electron chi connectivity index (χ4n) is 3.68. The van der Waals surface area contributed by atoms with Crippen molar-refractivity contribution in [1.82, 2.24) is 25.5 Å². The Kier molecular flexibility index (Phi) is 5.41. The molecule has 2 aliphatic rings. The van der Waals surface area contributed by atoms with Crippen molar-refractivity contribution in [2.45, 2.75) is 37.1 Å². The van der Waals surface area contributed by atoms with E-state index in [4.69, 9.17) is 19.3 Å². The van der Waals surface area contributed by atoms with Crippen molar-refractivity contribution in [2.75, 3.05) is 20.3 Å². The van der Waals surface area contributed by atoms with E-state index in [1.54, 1.807) is 11.8 Å². The van der Waals surface area contributed by atoms with Crippen LogP contribution in [0, 0.1) is 0 Å². The fraction of sp³-hybridized carbons (Fsp3) is 0.500. The van der Waals surface area contributed by atoms with Gasteiger partial charge in [-0.2, -0.15) is 0 Å². The Morgan fingerprint density at radius 1 is 1.28 bits per heavy atom. The van der Waals surface area contributed by atoms with Gasteiger partial charge in [-0.15, -0.1) is 5.10 Å². The number of carbonyl (C=O) groups excluding carboxylic acids is 1. The molecule has 4 atom stereocenters. The van der Waals surface area contributed by atoms with Crippen LogP contribution in [0.25, 0.3) is 11.4 Å². The van der Waals surface area contributed by atoms with Crippen molar-refractivity contribution in [3.05, 3.63) is 24.3 Å². The Morgan fingerprint density at radius 2 is 2.10 bits per heavy atom. The van der Waals surface area contributed by atoms with Crippen molar-refractivity contribution in [1.29, 1.82) is 0 Å². The largest absolute Gasteiger partial charge is 0.497 e. The van der Waals surface area contributed by atoms with Gasteiger partial charge in [-0.1, -0.05) is 12.1 Å². The average molecular weight is 403 g/mol. The maximum atomic E-state index is 12.0. The zero-order valence-electron chi connectivity index (χ0n) is 15.7. The minimum atomic E-state index is -1.01. The molecule has 0 unspecified atom stereocenters. The molecule has 11 nitrogen and oxygen atoms in total. The summed E-state index contributed by atoms with van der Waals surface area (Å²) in [5.74, 6) is -0.0932. The first-order valence-corrected chi connectivity index (χ1v) is 9.23. The number of nitrogens with one attached hydrogen (secondary N) is 1. The van der Waals surface area contributed by atoms with Gasteiger partial charge in [-0.25, -0.2) is 4.68 Å². The minimum absolute atomic E-state index is 0.0837. The maximum Gasteiger partial charge on any atom is 0.303 e. The predicted molar refractivity (Wildman–Crippen MR) is 97.1 cm³/mol. The molecule has 1 aromatic heterocycles. The number of fused-ring (bicyclic) bond motifs is 1. The van der Waals surface area contributed by atoms with Crippen LogP contribution < -0.4 is 10.1 Å². The Bertz CT molecular complexity index is 902. The van der Waals surface area contributed by atoms with Crippen LogP contribution in [0.2, 0.25) is 0 Å². The number of aromatic nitrogens is 4. The number of carbonyl (C=O) groups is 2. The molecule has 2 N–H and O–H groups in total. The molecule has 2 aliphatic heterocycles. The SMILES string of the molecule is COc1cccc(-c2nnnn2[C@@H]2CO[C@@H]3[C@@H]2OC[C@@H]3NC(=O)CCC(=O)O)c1. The molecule has 1 aromatic carbocycles. The van der Waals surface area contributed by atoms with E-state index in [0.29, 0.717) is 18.2 Å². The fourth-order valence-corrected chi connectivity index (χ4v) is 3.68. The Labute approximate surface area is 165 Å². The number of ether oxygens (including phenoxy) is 3. The van der Waals surface area contributed by atoms with Gasteiger partial charge in [0, 0.05) is 12.0 Å². The second-order valence-electron chi connectivity index (χ2n) is 6.91. The topological polar surface area (TPSA) is 138 Å². The van der Waals surface area contributed by atoms with Crippen molar-refractivity contribution < 1.29 is 28.9 Å². The smallest absolute Gasteiger partial charge is 0.303 e. The number of aliphatic carboxylic acids is 1. The van der Waals surface area contributed by atoms with Crippen LogP contribution in [-0.2, 0) is 19.1 Å². The number of rotatable bonds is 7. The normalized spacial score (nSPS) is 25.6. The molecule has 3 heterocycles. The van der Waals surface area contributed by atoms with Gasteiger partial charge in [-0.05, 0) is 22.6 Å². The second-order valence-corrected chi connectivity index (χ2v) is 6.91. The van der Waals surface area contributed by atoms with Crippen LogP contribution in [0.4, 0.5) is 0 Å². The summed E-state index contributed by atoms with van der Waals surface area (Å²) in [5.41, 5.74) is 0.800. The molecule has 0 aliphatic carbocycles. The van der Waals surface area contributed by atoms with Crippen LogP contribution in [0.1, 0.15) is 18.9 Å². The molecule has 154 valence electrons. The summed E-state index contributed by atoms with van der Waals surface area (Å²) in [6.45, 7) is 0.611. The van der Waals surface area contributed by atoms with Gasteiger partial charge in [0.05, 0.1) is 32.8 Å². The zero-order chi connectivity index (χ0) is 20.4. The number of carboxylic acids is 1. The lowest BCUT2D eigenvalue weighted by molar-refractivity contribution is -0.139. The minimum Gasteiger partial charge on any atom is -0.497 e. The molecule has 2 saturated heterocycles. The lowest BCUT2D eigenvalue weighted by atomic mass is 10.1. The van der Waals surface area contributed by atoms with Crippen LogP contribution >= 0.6 is 0 Å². The third-order valence-electron chi connectivity index (χ3n) is 5.07. The van der Waals surface area contributed by atoms with Crippen LogP contribution in [0.3, 0.4) is 0 Å². The highest BCUT2D eigenvalue weighted by molar-refractivity contribution is 5.80. The zero-order valence-corrected chi connectivity index (χ0v) is 15.7. The van der Waals surface area contributed by atoms with E-state index in [9.17, 15) is 9.59 Å². The summed E-state index contributed by atoms with van der Waals surface area (Å²) in [7, 11) is 1.59. The number of methoxy groups -OCH3 is 1. The molecule has 0 radical (unpaired) electrons. The monoisotopic (exact) mass is 403 g/mol. The van der Waals surface area contributed by atoms with Gasteiger partial charge in [0.1, 0.15) is 24.0 Å². The molecule has 0 saturated carbocycles. The first-order chi connectivity index (χ1) is 14.1. The number of amides is 1. The number of hydrogen-bond acceptors (Lipinski definition) is 8. The van der Waals surface area contributed by atoms with Crippen molar-refractivity contribution in [3.63, 3.8) is 0 Å². The van der Waals surface area contributed by atoms with Gasteiger partial charge >= 0.3 is 5.97 Å². The van der Waals surface area contributed by atoms with E-state index in [1.807, 2.05) is 24.3 Å². The predicted octanol–water partition coefficient (Wildman–Crippen LogP) is 0.0370. The number of benzene rings is 1. The molecule has 0 bridgehead atoms. The molecule has 2 aromatic rings. The lowest BCUT2D eigenvalue weighted by Gasteiger charge is -2.18. The van der Waals surface area contributed by atoms with Gasteiger partial charge in [0.15, 0.2) is 5.82 Å². The Hall–Kier alpha value is -3.05. The van der Waals surface area contributed by atoms with E-state index in [2.05, 4.69) is 20.8 Å². The van der Waals surface area contributed by atoms with E-state index < -0.39 is 5.97 Å². The van der Waals surface area contributed by atoms with Gasteiger partial charge in [-0.3, -0.25) is 9.59 Å². The quantitative estimate of drug-likeness (QED) is 0.656. The third kappa shape index (κ3) is 3.91. The first-order valence-electron chi connectivity index (χ1n) is 9.23. The number of carboxylic acid groups (broad SMARTS) is 1. The Morgan fingerprint density at radius 3 is 2.90 bits per heavy atom. The third-order valence-corrected chi connectivity index (χ3v) is 5.07. The highest BCUT2D eigenvalue weighted by Gasteiger charge is 2.50. The number of tetrazole rings is 1. The van der Waals surface area contributed by atoms with Crippen LogP contribution in [-0.4, -0.2) is 75.8 Å². The number of hydrogen-bond donors (Lipinski definition) is 2. The van der Waals surface area contributed by atoms with E-state index >= 15 is 0 Å². The summed E-state index contributed by atoms with van der Waals surface area (Å²) < 4.78 is 18.7. The average Bonchev–Trinajstić information content (AvgIpc) is 3.43.